The summed E-state index contributed by atoms with van der Waals surface area (Å²) in [7, 11) is 1.50. The number of nitrogens with zero attached hydrogens (tertiary/aromatic N) is 2. The van der Waals surface area contributed by atoms with Crippen molar-refractivity contribution in [2.75, 3.05) is 17.7 Å². The van der Waals surface area contributed by atoms with Gasteiger partial charge in [0.05, 0.1) is 36.3 Å². The molecule has 0 bridgehead atoms. The van der Waals surface area contributed by atoms with Gasteiger partial charge in [0.15, 0.2) is 11.5 Å². The predicted molar refractivity (Wildman–Crippen MR) is 158 cm³/mol. The summed E-state index contributed by atoms with van der Waals surface area (Å²) in [4.78, 5) is 32.7. The van der Waals surface area contributed by atoms with Crippen LogP contribution in [-0.2, 0) is 15.7 Å². The molecule has 1 aliphatic carbocycles. The summed E-state index contributed by atoms with van der Waals surface area (Å²) in [5.74, 6) is 0.443. The minimum absolute atomic E-state index is 0.0699. The molecule has 2 aromatic carbocycles. The van der Waals surface area contributed by atoms with E-state index in [1.807, 2.05) is 0 Å². The normalized spacial score (nSPS) is 17.9. The molecule has 0 spiro atoms. The highest BCUT2D eigenvalue weighted by atomic mass is 19.4. The van der Waals surface area contributed by atoms with Crippen molar-refractivity contribution < 1.29 is 42.1 Å². The van der Waals surface area contributed by atoms with Crippen molar-refractivity contribution in [3.8, 4) is 11.5 Å². The molecule has 238 valence electrons. The van der Waals surface area contributed by atoms with Crippen LogP contribution in [0, 0.1) is 12.8 Å². The highest BCUT2D eigenvalue weighted by Gasteiger charge is 2.32. The number of alkyl halides is 3. The Morgan fingerprint density at radius 3 is 2.27 bits per heavy atom. The lowest BCUT2D eigenvalue weighted by molar-refractivity contribution is -0.143. The third-order valence-corrected chi connectivity index (χ3v) is 7.19. The summed E-state index contributed by atoms with van der Waals surface area (Å²) in [6.45, 7) is 8.33. The van der Waals surface area contributed by atoms with Crippen LogP contribution in [0.3, 0.4) is 0 Å². The van der Waals surface area contributed by atoms with Crippen LogP contribution in [0.25, 0.3) is 10.9 Å². The highest BCUT2D eigenvalue weighted by molar-refractivity contribution is 5.92. The summed E-state index contributed by atoms with van der Waals surface area (Å²) < 4.78 is 58.5. The minimum Gasteiger partial charge on any atom is -0.493 e. The Bertz CT molecular complexity index is 1530. The number of rotatable bonds is 8. The van der Waals surface area contributed by atoms with Gasteiger partial charge >= 0.3 is 18.2 Å². The first-order chi connectivity index (χ1) is 20.5. The molecule has 3 N–H and O–H groups in total. The number of amides is 1. The molecule has 1 amide bonds. The van der Waals surface area contributed by atoms with Crippen molar-refractivity contribution in [3.63, 3.8) is 0 Å². The van der Waals surface area contributed by atoms with E-state index in [1.165, 1.54) is 13.2 Å². The van der Waals surface area contributed by atoms with Crippen LogP contribution in [0.5, 0.6) is 11.5 Å². The number of nitrogens with one attached hydrogen (secondary N) is 2. The van der Waals surface area contributed by atoms with Gasteiger partial charge in [-0.1, -0.05) is 0 Å². The zero-order valence-electron chi connectivity index (χ0n) is 25.5. The molecule has 1 fully saturated rings. The summed E-state index contributed by atoms with van der Waals surface area (Å²) in [6, 6.07) is 6.03. The molecule has 0 saturated heterocycles. The van der Waals surface area contributed by atoms with Gasteiger partial charge in [0, 0.05) is 17.1 Å². The van der Waals surface area contributed by atoms with E-state index in [0.717, 1.165) is 12.1 Å². The molecule has 3 aromatic rings. The highest BCUT2D eigenvalue weighted by Crippen LogP contribution is 2.39. The molecular weight excluding hydrogens is 581 g/mol. The second kappa shape index (κ2) is 12.7. The number of carbonyl (C=O) groups is 2. The van der Waals surface area contributed by atoms with Crippen LogP contribution in [0.1, 0.15) is 76.4 Å². The van der Waals surface area contributed by atoms with E-state index in [1.54, 1.807) is 46.8 Å². The zero-order valence-corrected chi connectivity index (χ0v) is 25.5. The number of anilines is 2. The van der Waals surface area contributed by atoms with Gasteiger partial charge in [-0.15, -0.1) is 0 Å². The molecule has 1 aliphatic rings. The van der Waals surface area contributed by atoms with Crippen LogP contribution >= 0.6 is 0 Å². The van der Waals surface area contributed by atoms with Gasteiger partial charge in [-0.25, -0.2) is 14.8 Å². The second-order valence-electron chi connectivity index (χ2n) is 11.9. The molecular formula is C31H37F3N4O6. The Hall–Kier alpha value is -4.29. The quantitative estimate of drug-likeness (QED) is 0.235. The number of methoxy groups -OCH3 is 1. The van der Waals surface area contributed by atoms with Crippen molar-refractivity contribution in [2.24, 2.45) is 5.92 Å². The van der Waals surface area contributed by atoms with Crippen molar-refractivity contribution >= 4 is 34.5 Å². The first kappa shape index (κ1) is 32.6. The molecule has 10 nitrogen and oxygen atoms in total. The number of carboxylic acid groups (broad SMARTS) is 1. The number of benzene rings is 2. The number of aromatic nitrogens is 2. The van der Waals surface area contributed by atoms with Crippen molar-refractivity contribution in [2.45, 2.75) is 84.2 Å². The number of hydrogen-bond donors (Lipinski definition) is 3. The Balaban J connectivity index is 1.65. The molecule has 1 saturated carbocycles. The van der Waals surface area contributed by atoms with Crippen LogP contribution in [0.2, 0.25) is 0 Å². The van der Waals surface area contributed by atoms with Gasteiger partial charge in [0.2, 0.25) is 0 Å². The van der Waals surface area contributed by atoms with E-state index in [4.69, 9.17) is 14.2 Å². The first-order valence-corrected chi connectivity index (χ1v) is 14.3. The van der Waals surface area contributed by atoms with Gasteiger partial charge in [0.25, 0.3) is 0 Å². The SMILES string of the molecule is COc1cc2nc(C)nc(N[C@H](C)c3cc(NC(=O)OC(C)(C)C)cc(C(F)(F)F)c3)c2cc1OC1CCC(C(=O)O)CC1. The van der Waals surface area contributed by atoms with Gasteiger partial charge in [-0.2, -0.15) is 13.2 Å². The molecule has 1 aromatic heterocycles. The monoisotopic (exact) mass is 618 g/mol. The molecule has 0 aliphatic heterocycles. The Kier molecular flexibility index (Phi) is 9.45. The number of aliphatic carboxylic acids is 1. The van der Waals surface area contributed by atoms with E-state index in [0.29, 0.717) is 59.7 Å². The number of carbonyl (C=O) groups excluding carboxylic acids is 1. The van der Waals surface area contributed by atoms with Gasteiger partial charge in [0.1, 0.15) is 17.2 Å². The lowest BCUT2D eigenvalue weighted by Gasteiger charge is -2.27. The topological polar surface area (TPSA) is 132 Å². The number of fused-ring (bicyclic) bond motifs is 1. The van der Waals surface area contributed by atoms with Crippen molar-refractivity contribution in [3.05, 3.63) is 47.3 Å². The second-order valence-corrected chi connectivity index (χ2v) is 11.9. The largest absolute Gasteiger partial charge is 0.493 e. The van der Waals surface area contributed by atoms with Crippen molar-refractivity contribution in [1.29, 1.82) is 0 Å². The molecule has 13 heteroatoms. The average molecular weight is 619 g/mol. The van der Waals surface area contributed by atoms with E-state index >= 15 is 0 Å². The number of halogens is 3. The van der Waals surface area contributed by atoms with Gasteiger partial charge in [-0.3, -0.25) is 10.1 Å². The fraction of sp³-hybridized carbons (Fsp3) is 0.484. The lowest BCUT2D eigenvalue weighted by Crippen LogP contribution is -2.27. The van der Waals surface area contributed by atoms with Crippen LogP contribution in [0.15, 0.2) is 30.3 Å². The molecule has 1 atom stereocenters. The summed E-state index contributed by atoms with van der Waals surface area (Å²) in [5.41, 5.74) is -1.06. The third-order valence-electron chi connectivity index (χ3n) is 7.19. The summed E-state index contributed by atoms with van der Waals surface area (Å²) in [5, 5.41) is 15.5. The summed E-state index contributed by atoms with van der Waals surface area (Å²) >= 11 is 0. The number of carboxylic acids is 1. The fourth-order valence-corrected chi connectivity index (χ4v) is 5.07. The molecule has 1 heterocycles. The van der Waals surface area contributed by atoms with E-state index in [9.17, 15) is 27.9 Å². The van der Waals surface area contributed by atoms with Crippen LogP contribution in [0.4, 0.5) is 29.5 Å². The zero-order chi connectivity index (χ0) is 32.4. The fourth-order valence-electron chi connectivity index (χ4n) is 5.07. The van der Waals surface area contributed by atoms with Gasteiger partial charge < -0.3 is 24.6 Å². The molecule has 0 unspecified atom stereocenters. The predicted octanol–water partition coefficient (Wildman–Crippen LogP) is 7.51. The smallest absolute Gasteiger partial charge is 0.416 e. The van der Waals surface area contributed by atoms with Gasteiger partial charge in [-0.05, 0) is 90.1 Å². The van der Waals surface area contributed by atoms with E-state index in [-0.39, 0.29) is 17.4 Å². The molecule has 44 heavy (non-hydrogen) atoms. The maximum atomic E-state index is 13.8. The summed E-state index contributed by atoms with van der Waals surface area (Å²) in [6.07, 6.45) is -3.60. The standard InChI is InChI=1S/C31H37F3N4O6/c1-16(19-11-20(31(32,33)34)13-21(12-19)38-29(41)44-30(3,4)5)35-27-23-14-26(25(42-6)15-24(23)36-17(2)37-27)43-22-9-7-18(8-10-22)28(39)40/h11-16,18,22H,7-10H2,1-6H3,(H,38,41)(H,39,40)(H,35,36,37)/t16-,18?,22?/m1/s1. The Morgan fingerprint density at radius 1 is 1.00 bits per heavy atom. The number of ether oxygens (including phenoxy) is 3. The van der Waals surface area contributed by atoms with E-state index in [2.05, 4.69) is 20.6 Å². The Labute approximate surface area is 253 Å². The molecule has 4 rings (SSSR count). The average Bonchev–Trinajstić information content (AvgIpc) is 2.91. The Morgan fingerprint density at radius 2 is 1.68 bits per heavy atom. The van der Waals surface area contributed by atoms with E-state index < -0.39 is 41.4 Å². The lowest BCUT2D eigenvalue weighted by atomic mass is 9.87. The number of aryl methyl sites for hydroxylation is 1. The number of hydrogen-bond acceptors (Lipinski definition) is 8. The van der Waals surface area contributed by atoms with Crippen LogP contribution < -0.4 is 20.1 Å². The van der Waals surface area contributed by atoms with Crippen molar-refractivity contribution in [1.82, 2.24) is 9.97 Å². The third kappa shape index (κ3) is 8.20. The first-order valence-electron chi connectivity index (χ1n) is 14.3. The minimum atomic E-state index is -4.66. The maximum Gasteiger partial charge on any atom is 0.416 e. The molecule has 0 radical (unpaired) electrons. The maximum absolute atomic E-state index is 13.8. The van der Waals surface area contributed by atoms with Crippen LogP contribution in [-0.4, -0.2) is 46.0 Å².